The lowest BCUT2D eigenvalue weighted by Gasteiger charge is -2.35. The molecule has 1 aliphatic heterocycles. The Hall–Kier alpha value is -3.23. The van der Waals surface area contributed by atoms with Gasteiger partial charge in [0.25, 0.3) is 11.6 Å². The van der Waals surface area contributed by atoms with Crippen LogP contribution in [0, 0.1) is 17.0 Å². The second-order valence-corrected chi connectivity index (χ2v) is 6.58. The summed E-state index contributed by atoms with van der Waals surface area (Å²) >= 11 is 0. The van der Waals surface area contributed by atoms with Gasteiger partial charge in [-0.3, -0.25) is 14.9 Å². The van der Waals surface area contributed by atoms with Crippen LogP contribution in [0.1, 0.15) is 16.2 Å². The number of anilines is 2. The molecule has 142 valence electrons. The van der Waals surface area contributed by atoms with E-state index in [-0.39, 0.29) is 17.2 Å². The van der Waals surface area contributed by atoms with Crippen LogP contribution in [0.2, 0.25) is 0 Å². The van der Waals surface area contributed by atoms with Gasteiger partial charge in [-0.25, -0.2) is 9.97 Å². The molecule has 0 N–H and O–H groups in total. The summed E-state index contributed by atoms with van der Waals surface area (Å²) in [4.78, 5) is 38.0. The number of piperazine rings is 1. The van der Waals surface area contributed by atoms with E-state index in [1.807, 2.05) is 32.0 Å². The molecular weight excluding hydrogens is 348 g/mol. The number of aryl methyl sites for hydroxylation is 1. The van der Waals surface area contributed by atoms with Gasteiger partial charge in [-0.1, -0.05) is 12.1 Å². The van der Waals surface area contributed by atoms with E-state index in [4.69, 9.17) is 0 Å². The molecule has 0 aliphatic carbocycles. The molecule has 1 fully saturated rings. The van der Waals surface area contributed by atoms with Crippen LogP contribution < -0.4 is 9.80 Å². The fraction of sp³-hybridized carbons (Fsp3) is 0.389. The number of para-hydroxylation sites is 1. The summed E-state index contributed by atoms with van der Waals surface area (Å²) in [6.07, 6.45) is 0. The molecule has 0 bridgehead atoms. The van der Waals surface area contributed by atoms with Gasteiger partial charge in [0.05, 0.1) is 4.92 Å². The summed E-state index contributed by atoms with van der Waals surface area (Å²) in [6, 6.07) is 7.99. The van der Waals surface area contributed by atoms with E-state index in [0.29, 0.717) is 32.0 Å². The van der Waals surface area contributed by atoms with Crippen molar-refractivity contribution in [2.75, 3.05) is 50.1 Å². The van der Waals surface area contributed by atoms with Gasteiger partial charge in [0.15, 0.2) is 0 Å². The van der Waals surface area contributed by atoms with Gasteiger partial charge in [0, 0.05) is 52.4 Å². The van der Waals surface area contributed by atoms with Crippen molar-refractivity contribution >= 4 is 23.2 Å². The summed E-state index contributed by atoms with van der Waals surface area (Å²) in [5, 5.41) is 11.2. The Balaban J connectivity index is 1.73. The van der Waals surface area contributed by atoms with E-state index in [1.54, 1.807) is 17.0 Å². The number of rotatable bonds is 4. The lowest BCUT2D eigenvalue weighted by Crippen LogP contribution is -2.49. The molecule has 1 aromatic carbocycles. The van der Waals surface area contributed by atoms with E-state index in [9.17, 15) is 14.9 Å². The average molecular weight is 370 g/mol. The third-order valence-electron chi connectivity index (χ3n) is 4.49. The molecule has 27 heavy (non-hydrogen) atoms. The number of hydrogen-bond donors (Lipinski definition) is 0. The number of carbonyl (C=O) groups excluding carboxylic acids is 1. The van der Waals surface area contributed by atoms with Crippen LogP contribution in [-0.4, -0.2) is 66.0 Å². The standard InChI is InChI=1S/C18H22N6O3/c1-13-19-16(21(2)3)12-17(20-13)22-8-10-23(11-9-22)18(25)14-6-4-5-7-15(14)24(26)27/h4-7,12H,8-11H2,1-3H3. The molecule has 0 radical (unpaired) electrons. The second kappa shape index (κ2) is 7.56. The zero-order valence-corrected chi connectivity index (χ0v) is 15.6. The average Bonchev–Trinajstić information content (AvgIpc) is 2.67. The molecule has 2 aromatic rings. The molecular formula is C18H22N6O3. The fourth-order valence-corrected chi connectivity index (χ4v) is 3.05. The number of nitro groups is 1. The Labute approximate surface area is 157 Å². The first-order valence-electron chi connectivity index (χ1n) is 8.67. The molecule has 0 unspecified atom stereocenters. The molecule has 0 saturated carbocycles. The van der Waals surface area contributed by atoms with Crippen molar-refractivity contribution in [3.63, 3.8) is 0 Å². The smallest absolute Gasteiger partial charge is 0.282 e. The summed E-state index contributed by atoms with van der Waals surface area (Å²) in [5.41, 5.74) is -0.0318. The monoisotopic (exact) mass is 370 g/mol. The molecule has 1 saturated heterocycles. The van der Waals surface area contributed by atoms with Crippen molar-refractivity contribution in [2.24, 2.45) is 0 Å². The van der Waals surface area contributed by atoms with Crippen molar-refractivity contribution in [3.8, 4) is 0 Å². The first kappa shape index (κ1) is 18.6. The number of amides is 1. The second-order valence-electron chi connectivity index (χ2n) is 6.58. The number of nitro benzene ring substituents is 1. The van der Waals surface area contributed by atoms with Crippen LogP contribution >= 0.6 is 0 Å². The highest BCUT2D eigenvalue weighted by molar-refractivity contribution is 5.98. The highest BCUT2D eigenvalue weighted by Crippen LogP contribution is 2.22. The Morgan fingerprint density at radius 1 is 1.15 bits per heavy atom. The maximum atomic E-state index is 12.7. The minimum atomic E-state index is -0.518. The van der Waals surface area contributed by atoms with Gasteiger partial charge < -0.3 is 14.7 Å². The van der Waals surface area contributed by atoms with Crippen LogP contribution in [0.4, 0.5) is 17.3 Å². The van der Waals surface area contributed by atoms with Gasteiger partial charge in [0.2, 0.25) is 0 Å². The van der Waals surface area contributed by atoms with E-state index in [1.165, 1.54) is 12.1 Å². The number of nitrogens with zero attached hydrogens (tertiary/aromatic N) is 6. The lowest BCUT2D eigenvalue weighted by molar-refractivity contribution is -0.385. The van der Waals surface area contributed by atoms with Crippen molar-refractivity contribution in [1.29, 1.82) is 0 Å². The summed E-state index contributed by atoms with van der Waals surface area (Å²) in [5.74, 6) is 2.03. The van der Waals surface area contributed by atoms with Gasteiger partial charge in [-0.2, -0.15) is 0 Å². The largest absolute Gasteiger partial charge is 0.363 e. The summed E-state index contributed by atoms with van der Waals surface area (Å²) < 4.78 is 0. The molecule has 9 heteroatoms. The molecule has 0 spiro atoms. The number of aromatic nitrogens is 2. The molecule has 0 atom stereocenters. The highest BCUT2D eigenvalue weighted by Gasteiger charge is 2.27. The van der Waals surface area contributed by atoms with Crippen LogP contribution in [0.25, 0.3) is 0 Å². The lowest BCUT2D eigenvalue weighted by atomic mass is 10.1. The summed E-state index contributed by atoms with van der Waals surface area (Å²) in [7, 11) is 3.85. The van der Waals surface area contributed by atoms with Crippen molar-refractivity contribution in [3.05, 3.63) is 51.8 Å². The predicted octanol–water partition coefficient (Wildman–Crippen LogP) is 1.72. The highest BCUT2D eigenvalue weighted by atomic mass is 16.6. The van der Waals surface area contributed by atoms with Gasteiger partial charge in [0.1, 0.15) is 23.0 Å². The van der Waals surface area contributed by atoms with E-state index >= 15 is 0 Å². The molecule has 1 aliphatic rings. The first-order valence-corrected chi connectivity index (χ1v) is 8.67. The number of hydrogen-bond acceptors (Lipinski definition) is 7. The molecule has 1 aromatic heterocycles. The van der Waals surface area contributed by atoms with Crippen molar-refractivity contribution in [2.45, 2.75) is 6.92 Å². The normalized spacial score (nSPS) is 14.2. The SMILES string of the molecule is Cc1nc(N(C)C)cc(N2CCN(C(=O)c3ccccc3[N+](=O)[O-])CC2)n1. The fourth-order valence-electron chi connectivity index (χ4n) is 3.05. The van der Waals surface area contributed by atoms with Crippen LogP contribution in [0.5, 0.6) is 0 Å². The van der Waals surface area contributed by atoms with Crippen molar-refractivity contribution < 1.29 is 9.72 Å². The molecule has 2 heterocycles. The predicted molar refractivity (Wildman–Crippen MR) is 102 cm³/mol. The van der Waals surface area contributed by atoms with E-state index in [0.717, 1.165) is 11.6 Å². The minimum absolute atomic E-state index is 0.128. The van der Waals surface area contributed by atoms with Gasteiger partial charge in [-0.05, 0) is 13.0 Å². The van der Waals surface area contributed by atoms with Crippen LogP contribution in [-0.2, 0) is 0 Å². The number of carbonyl (C=O) groups is 1. The maximum Gasteiger partial charge on any atom is 0.282 e. The Kier molecular flexibility index (Phi) is 5.20. The third-order valence-corrected chi connectivity index (χ3v) is 4.49. The Morgan fingerprint density at radius 3 is 2.44 bits per heavy atom. The van der Waals surface area contributed by atoms with Gasteiger partial charge in [-0.15, -0.1) is 0 Å². The van der Waals surface area contributed by atoms with Gasteiger partial charge >= 0.3 is 0 Å². The van der Waals surface area contributed by atoms with Crippen LogP contribution in [0.3, 0.4) is 0 Å². The van der Waals surface area contributed by atoms with Crippen molar-refractivity contribution in [1.82, 2.24) is 14.9 Å². The third kappa shape index (κ3) is 3.97. The Bertz CT molecular complexity index is 862. The first-order chi connectivity index (χ1) is 12.9. The maximum absolute atomic E-state index is 12.7. The zero-order chi connectivity index (χ0) is 19.6. The minimum Gasteiger partial charge on any atom is -0.363 e. The van der Waals surface area contributed by atoms with E-state index < -0.39 is 4.92 Å². The quantitative estimate of drug-likeness (QED) is 0.597. The zero-order valence-electron chi connectivity index (χ0n) is 15.6. The molecule has 9 nitrogen and oxygen atoms in total. The van der Waals surface area contributed by atoms with Crippen LogP contribution in [0.15, 0.2) is 30.3 Å². The number of benzene rings is 1. The molecule has 3 rings (SSSR count). The molecule has 1 amide bonds. The Morgan fingerprint density at radius 2 is 1.81 bits per heavy atom. The summed E-state index contributed by atoms with van der Waals surface area (Å²) in [6.45, 7) is 4.02. The van der Waals surface area contributed by atoms with E-state index in [2.05, 4.69) is 14.9 Å². The topological polar surface area (TPSA) is 95.7 Å².